The van der Waals surface area contributed by atoms with E-state index in [2.05, 4.69) is 20.0 Å². The Morgan fingerprint density at radius 3 is 2.33 bits per heavy atom. The lowest BCUT2D eigenvalue weighted by Gasteiger charge is -2.28. The van der Waals surface area contributed by atoms with E-state index in [0.717, 1.165) is 61.7 Å². The minimum absolute atomic E-state index is 0.0345. The van der Waals surface area contributed by atoms with Gasteiger partial charge in [0.1, 0.15) is 17.3 Å². The van der Waals surface area contributed by atoms with E-state index in [0.29, 0.717) is 42.0 Å². The Balaban J connectivity index is 1.63. The zero-order valence-electron chi connectivity index (χ0n) is 29.2. The second-order valence-electron chi connectivity index (χ2n) is 12.8. The fraction of sp³-hybridized carbons (Fsp3) is 0.432. The van der Waals surface area contributed by atoms with Crippen LogP contribution in [0.4, 0.5) is 27.9 Å². The molecule has 278 valence electrons. The predicted octanol–water partition coefficient (Wildman–Crippen LogP) is 7.22. The van der Waals surface area contributed by atoms with Crippen molar-refractivity contribution in [2.24, 2.45) is 5.92 Å². The van der Waals surface area contributed by atoms with Crippen LogP contribution in [0.2, 0.25) is 0 Å². The average molecular weight is 729 g/mol. The zero-order chi connectivity index (χ0) is 37.6. The number of aryl methyl sites for hydroxylation is 1. The van der Waals surface area contributed by atoms with Crippen molar-refractivity contribution in [3.8, 4) is 16.9 Å². The lowest BCUT2D eigenvalue weighted by molar-refractivity contribution is -0.230. The van der Waals surface area contributed by atoms with E-state index in [1.54, 1.807) is 13.0 Å². The van der Waals surface area contributed by atoms with Gasteiger partial charge in [-0.15, -0.1) is 0 Å². The summed E-state index contributed by atoms with van der Waals surface area (Å²) in [7, 11) is 0. The molecule has 0 aliphatic heterocycles. The van der Waals surface area contributed by atoms with Gasteiger partial charge in [0.05, 0.1) is 12.2 Å². The second kappa shape index (κ2) is 16.6. The quantitative estimate of drug-likeness (QED) is 0.0926. The molecule has 5 rings (SSSR count). The molecular formula is C37H41F5N6O4. The standard InChI is InChI=1S/C37H41F5N6O4/c1-4-46(5-2)20-10-19-43-36-44-31(26-17-18-30(49)48(33(26)45-36)32-28(38)13-9-14-29(32)39)27-21-25(16-15-23(27)3)34(50)47(52-35(51)37(40,41)42)22-24-11-7-6-8-12-24/h9,13-18,21,24H,4-8,10-12,19-20,22H2,1-3H3,(H,43,44,45). The van der Waals surface area contributed by atoms with Crippen molar-refractivity contribution in [2.45, 2.75) is 65.5 Å². The van der Waals surface area contributed by atoms with E-state index in [1.165, 1.54) is 24.3 Å². The molecule has 2 aromatic carbocycles. The average Bonchev–Trinajstić information content (AvgIpc) is 3.11. The highest BCUT2D eigenvalue weighted by Gasteiger charge is 2.44. The number of benzene rings is 2. The minimum atomic E-state index is -5.33. The first-order valence-corrected chi connectivity index (χ1v) is 17.4. The highest BCUT2D eigenvalue weighted by atomic mass is 19.4. The summed E-state index contributed by atoms with van der Waals surface area (Å²) in [4.78, 5) is 55.2. The van der Waals surface area contributed by atoms with Crippen molar-refractivity contribution in [2.75, 3.05) is 38.0 Å². The van der Waals surface area contributed by atoms with E-state index in [4.69, 9.17) is 4.98 Å². The van der Waals surface area contributed by atoms with Crippen molar-refractivity contribution >= 4 is 28.9 Å². The molecule has 52 heavy (non-hydrogen) atoms. The molecule has 0 atom stereocenters. The molecule has 2 heterocycles. The number of alkyl halides is 3. The largest absolute Gasteiger partial charge is 0.493 e. The first-order chi connectivity index (χ1) is 24.8. The van der Waals surface area contributed by atoms with Crippen LogP contribution >= 0.6 is 0 Å². The van der Waals surface area contributed by atoms with Crippen LogP contribution in [0.25, 0.3) is 28.0 Å². The van der Waals surface area contributed by atoms with Gasteiger partial charge in [0, 0.05) is 29.1 Å². The number of amides is 1. The van der Waals surface area contributed by atoms with Gasteiger partial charge in [-0.3, -0.25) is 14.2 Å². The third kappa shape index (κ3) is 8.75. The van der Waals surface area contributed by atoms with Gasteiger partial charge in [0.2, 0.25) is 5.95 Å². The summed E-state index contributed by atoms with van der Waals surface area (Å²) in [5.41, 5.74) is -0.546. The van der Waals surface area contributed by atoms with Gasteiger partial charge in [-0.2, -0.15) is 23.2 Å². The van der Waals surface area contributed by atoms with Crippen LogP contribution in [0.1, 0.15) is 68.3 Å². The number of fused-ring (bicyclic) bond motifs is 1. The van der Waals surface area contributed by atoms with Gasteiger partial charge in [-0.05, 0) is 87.6 Å². The van der Waals surface area contributed by atoms with Crippen LogP contribution in [0.3, 0.4) is 0 Å². The number of hydroxylamine groups is 2. The van der Waals surface area contributed by atoms with Crippen LogP contribution in [0, 0.1) is 24.5 Å². The summed E-state index contributed by atoms with van der Waals surface area (Å²) in [5.74, 6) is -5.62. The smallest absolute Gasteiger partial charge is 0.354 e. The number of pyridine rings is 1. The SMILES string of the molecule is CCN(CC)CCCNc1nc(-c2cc(C(=O)N(CC3CCCCC3)OC(=O)C(F)(F)F)ccc2C)c2ccc(=O)n(-c3c(F)cccc3F)c2n1. The van der Waals surface area contributed by atoms with E-state index < -0.39 is 40.9 Å². The van der Waals surface area contributed by atoms with Gasteiger partial charge >= 0.3 is 12.1 Å². The molecule has 0 unspecified atom stereocenters. The summed E-state index contributed by atoms with van der Waals surface area (Å²) < 4.78 is 71.0. The maximum Gasteiger partial charge on any atom is 0.493 e. The molecule has 1 aliphatic carbocycles. The van der Waals surface area contributed by atoms with Crippen molar-refractivity contribution in [1.82, 2.24) is 24.5 Å². The van der Waals surface area contributed by atoms with Gasteiger partial charge in [0.15, 0.2) is 5.65 Å². The van der Waals surface area contributed by atoms with Crippen molar-refractivity contribution in [3.63, 3.8) is 0 Å². The zero-order valence-corrected chi connectivity index (χ0v) is 29.2. The molecule has 0 radical (unpaired) electrons. The Kier molecular flexibility index (Phi) is 12.2. The van der Waals surface area contributed by atoms with Crippen molar-refractivity contribution in [1.29, 1.82) is 0 Å². The fourth-order valence-electron chi connectivity index (χ4n) is 6.43. The van der Waals surface area contributed by atoms with Crippen LogP contribution < -0.4 is 10.9 Å². The number of nitrogens with zero attached hydrogens (tertiary/aromatic N) is 5. The minimum Gasteiger partial charge on any atom is -0.354 e. The number of hydrogen-bond acceptors (Lipinski definition) is 8. The van der Waals surface area contributed by atoms with Crippen LogP contribution in [-0.2, 0) is 9.63 Å². The van der Waals surface area contributed by atoms with E-state index >= 15 is 8.78 Å². The number of para-hydroxylation sites is 1. The highest BCUT2D eigenvalue weighted by molar-refractivity contribution is 5.98. The maximum absolute atomic E-state index is 15.2. The number of nitrogens with one attached hydrogen (secondary N) is 1. The summed E-state index contributed by atoms with van der Waals surface area (Å²) in [6.45, 7) is 8.48. The molecule has 0 saturated heterocycles. The highest BCUT2D eigenvalue weighted by Crippen LogP contribution is 2.33. The fourth-order valence-corrected chi connectivity index (χ4v) is 6.43. The molecule has 0 spiro atoms. The number of carbonyl (C=O) groups excluding carboxylic acids is 2. The normalized spacial score (nSPS) is 13.8. The molecule has 1 N–H and O–H groups in total. The van der Waals surface area contributed by atoms with Crippen LogP contribution in [0.15, 0.2) is 53.3 Å². The van der Waals surface area contributed by atoms with E-state index in [1.807, 2.05) is 13.8 Å². The number of carbonyl (C=O) groups is 2. The predicted molar refractivity (Wildman–Crippen MR) is 186 cm³/mol. The number of anilines is 1. The molecule has 10 nitrogen and oxygen atoms in total. The summed E-state index contributed by atoms with van der Waals surface area (Å²) in [6.07, 6.45) is -0.676. The molecule has 4 aromatic rings. The third-order valence-corrected chi connectivity index (χ3v) is 9.28. The Labute approximate surface area is 297 Å². The van der Waals surface area contributed by atoms with Gasteiger partial charge in [0.25, 0.3) is 11.5 Å². The van der Waals surface area contributed by atoms with E-state index in [-0.39, 0.29) is 40.7 Å². The summed E-state index contributed by atoms with van der Waals surface area (Å²) >= 11 is 0. The molecular weight excluding hydrogens is 687 g/mol. The lowest BCUT2D eigenvalue weighted by Crippen LogP contribution is -2.41. The number of hydrogen-bond donors (Lipinski definition) is 1. The summed E-state index contributed by atoms with van der Waals surface area (Å²) in [6, 6.07) is 10.1. The molecule has 1 saturated carbocycles. The Morgan fingerprint density at radius 2 is 1.67 bits per heavy atom. The lowest BCUT2D eigenvalue weighted by atomic mass is 9.89. The first-order valence-electron chi connectivity index (χ1n) is 17.4. The monoisotopic (exact) mass is 728 g/mol. The number of halogens is 5. The molecule has 1 amide bonds. The molecule has 1 aliphatic rings. The molecule has 1 fully saturated rings. The first kappa shape index (κ1) is 38.3. The maximum atomic E-state index is 15.2. The Morgan fingerprint density at radius 1 is 0.981 bits per heavy atom. The molecule has 2 aromatic heterocycles. The van der Waals surface area contributed by atoms with E-state index in [9.17, 15) is 27.6 Å². The van der Waals surface area contributed by atoms with Crippen LogP contribution in [-0.4, -0.2) is 75.3 Å². The van der Waals surface area contributed by atoms with Gasteiger partial charge in [-0.25, -0.2) is 18.6 Å². The Bertz CT molecular complexity index is 1950. The third-order valence-electron chi connectivity index (χ3n) is 9.28. The summed E-state index contributed by atoms with van der Waals surface area (Å²) in [5, 5.41) is 3.82. The Hall–Kier alpha value is -4.92. The number of aromatic nitrogens is 3. The molecule has 15 heteroatoms. The topological polar surface area (TPSA) is 110 Å². The van der Waals surface area contributed by atoms with Gasteiger partial charge in [-0.1, -0.05) is 45.2 Å². The van der Waals surface area contributed by atoms with Crippen LogP contribution in [0.5, 0.6) is 0 Å². The second-order valence-corrected chi connectivity index (χ2v) is 12.8. The number of rotatable bonds is 12. The van der Waals surface area contributed by atoms with Crippen molar-refractivity contribution < 1.29 is 36.4 Å². The molecule has 0 bridgehead atoms. The van der Waals surface area contributed by atoms with Gasteiger partial charge < -0.3 is 15.1 Å². The van der Waals surface area contributed by atoms with Crippen molar-refractivity contribution in [3.05, 3.63) is 81.6 Å².